The number of likely N-dealkylation sites (N-methyl/N-ethyl adjacent to an activating group) is 1. The number of amides is 2. The number of carbonyl (C=O) groups is 2. The van der Waals surface area contributed by atoms with Crippen LogP contribution in [0.5, 0.6) is 5.75 Å². The van der Waals surface area contributed by atoms with E-state index in [1.807, 2.05) is 0 Å². The molecule has 3 N–H and O–H groups in total. The number of anilines is 1. The first-order valence-corrected chi connectivity index (χ1v) is 13.1. The van der Waals surface area contributed by atoms with E-state index in [-0.39, 0.29) is 16.9 Å². The molecule has 0 radical (unpaired) electrons. The summed E-state index contributed by atoms with van der Waals surface area (Å²) in [6.45, 7) is 12.4. The number of hydrogen-bond donors (Lipinski definition) is 3. The maximum absolute atomic E-state index is 12.6. The van der Waals surface area contributed by atoms with E-state index in [9.17, 15) is 9.59 Å². The van der Waals surface area contributed by atoms with Gasteiger partial charge in [-0.2, -0.15) is 0 Å². The summed E-state index contributed by atoms with van der Waals surface area (Å²) in [6, 6.07) is 12.1. The summed E-state index contributed by atoms with van der Waals surface area (Å²) in [7, 11) is 0. The number of benzene rings is 2. The highest BCUT2D eigenvalue weighted by Gasteiger charge is 2.12. The second-order valence-corrected chi connectivity index (χ2v) is 9.71. The fraction of sp³-hybridized carbons (Fsp3) is 0.423. The van der Waals surface area contributed by atoms with Crippen LogP contribution in [0.15, 0.2) is 46.9 Å². The molecule has 0 atom stereocenters. The van der Waals surface area contributed by atoms with Crippen molar-refractivity contribution in [3.63, 3.8) is 0 Å². The minimum Gasteiger partial charge on any atom is -0.492 e. The Labute approximate surface area is 222 Å². The summed E-state index contributed by atoms with van der Waals surface area (Å²) < 4.78 is 6.47. The molecule has 2 aromatic rings. The highest BCUT2D eigenvalue weighted by molar-refractivity contribution is 9.10. The molecule has 0 aliphatic rings. The number of rotatable bonds is 12. The molecule has 2 amide bonds. The first-order chi connectivity index (χ1) is 16.7. The highest BCUT2D eigenvalue weighted by atomic mass is 79.9. The smallest absolute Gasteiger partial charge is 0.257 e. The predicted octanol–water partition coefficient (Wildman–Crippen LogP) is 5.07. The van der Waals surface area contributed by atoms with Crippen molar-refractivity contribution < 1.29 is 14.3 Å². The van der Waals surface area contributed by atoms with Gasteiger partial charge in [0.15, 0.2) is 5.11 Å². The standard InChI is InChI=1S/C26H35BrN4O3S/c1-5-31(6-2)15-14-28-24(32)19-7-10-21(11-8-19)29-26(35)30-25(33)20-9-12-23(22(27)17-20)34-16-13-18(3)4/h7-12,17-18H,5-6,13-16H2,1-4H3,(H,28,32)(H2,29,30,33,35). The lowest BCUT2D eigenvalue weighted by atomic mass is 10.1. The summed E-state index contributed by atoms with van der Waals surface area (Å²) in [5.41, 5.74) is 1.68. The summed E-state index contributed by atoms with van der Waals surface area (Å²) >= 11 is 8.74. The van der Waals surface area contributed by atoms with Crippen LogP contribution in [0.25, 0.3) is 0 Å². The largest absolute Gasteiger partial charge is 0.492 e. The molecular weight excluding hydrogens is 528 g/mol. The first-order valence-electron chi connectivity index (χ1n) is 11.9. The maximum atomic E-state index is 12.6. The Morgan fingerprint density at radius 2 is 1.69 bits per heavy atom. The number of hydrogen-bond acceptors (Lipinski definition) is 5. The average Bonchev–Trinajstić information content (AvgIpc) is 2.82. The molecule has 0 spiro atoms. The zero-order valence-corrected chi connectivity index (χ0v) is 23.2. The van der Waals surface area contributed by atoms with Gasteiger partial charge in [-0.05, 0) is 96.0 Å². The fourth-order valence-electron chi connectivity index (χ4n) is 3.18. The van der Waals surface area contributed by atoms with E-state index in [0.29, 0.717) is 46.1 Å². The van der Waals surface area contributed by atoms with E-state index >= 15 is 0 Å². The van der Waals surface area contributed by atoms with Crippen molar-refractivity contribution in [1.82, 2.24) is 15.5 Å². The van der Waals surface area contributed by atoms with Gasteiger partial charge >= 0.3 is 0 Å². The molecule has 0 fully saturated rings. The zero-order chi connectivity index (χ0) is 25.8. The van der Waals surface area contributed by atoms with Crippen LogP contribution in [-0.4, -0.2) is 54.6 Å². The molecule has 0 saturated carbocycles. The number of nitrogens with zero attached hydrogens (tertiary/aromatic N) is 1. The van der Waals surface area contributed by atoms with E-state index in [2.05, 4.69) is 64.5 Å². The molecule has 2 rings (SSSR count). The second-order valence-electron chi connectivity index (χ2n) is 8.44. The minimum absolute atomic E-state index is 0.123. The molecule has 0 aliphatic heterocycles. The van der Waals surface area contributed by atoms with Crippen LogP contribution in [0.2, 0.25) is 0 Å². The zero-order valence-electron chi connectivity index (χ0n) is 20.8. The number of nitrogens with one attached hydrogen (secondary N) is 3. The summed E-state index contributed by atoms with van der Waals surface area (Å²) in [6.07, 6.45) is 0.955. The summed E-state index contributed by atoms with van der Waals surface area (Å²) in [5.74, 6) is 0.797. The van der Waals surface area contributed by atoms with Crippen LogP contribution in [0, 0.1) is 5.92 Å². The van der Waals surface area contributed by atoms with E-state index in [4.69, 9.17) is 17.0 Å². The molecule has 9 heteroatoms. The highest BCUT2D eigenvalue weighted by Crippen LogP contribution is 2.26. The molecular formula is C26H35BrN4O3S. The first kappa shape index (κ1) is 28.7. The molecule has 0 aromatic heterocycles. The Hall–Kier alpha value is -2.49. The van der Waals surface area contributed by atoms with Crippen molar-refractivity contribution in [2.45, 2.75) is 34.1 Å². The van der Waals surface area contributed by atoms with Gasteiger partial charge in [-0.3, -0.25) is 14.9 Å². The van der Waals surface area contributed by atoms with Crippen LogP contribution < -0.4 is 20.7 Å². The Morgan fingerprint density at radius 3 is 2.29 bits per heavy atom. The number of carbonyl (C=O) groups excluding carboxylic acids is 2. The van der Waals surface area contributed by atoms with Crippen molar-refractivity contribution in [1.29, 1.82) is 0 Å². The third kappa shape index (κ3) is 9.95. The summed E-state index contributed by atoms with van der Waals surface area (Å²) in [4.78, 5) is 27.2. The molecule has 0 bridgehead atoms. The lowest BCUT2D eigenvalue weighted by Crippen LogP contribution is -2.35. The van der Waals surface area contributed by atoms with Crippen molar-refractivity contribution in [2.24, 2.45) is 5.92 Å². The Bertz CT molecular complexity index is 995. The summed E-state index contributed by atoms with van der Waals surface area (Å²) in [5, 5.41) is 8.74. The van der Waals surface area contributed by atoms with Gasteiger partial charge < -0.3 is 20.3 Å². The van der Waals surface area contributed by atoms with Crippen molar-refractivity contribution in [3.8, 4) is 5.75 Å². The van der Waals surface area contributed by atoms with Gasteiger partial charge in [0, 0.05) is 29.9 Å². The monoisotopic (exact) mass is 562 g/mol. The van der Waals surface area contributed by atoms with Crippen LogP contribution in [0.4, 0.5) is 5.69 Å². The maximum Gasteiger partial charge on any atom is 0.257 e. The Kier molecular flexibility index (Phi) is 12.2. The lowest BCUT2D eigenvalue weighted by Gasteiger charge is -2.18. The molecule has 35 heavy (non-hydrogen) atoms. The van der Waals surface area contributed by atoms with E-state index in [1.165, 1.54) is 0 Å². The third-order valence-corrected chi connectivity index (χ3v) is 6.21. The van der Waals surface area contributed by atoms with Crippen LogP contribution in [0.1, 0.15) is 54.8 Å². The van der Waals surface area contributed by atoms with Gasteiger partial charge in [0.1, 0.15) is 5.75 Å². The minimum atomic E-state index is -0.332. The van der Waals surface area contributed by atoms with Gasteiger partial charge in [-0.25, -0.2) is 0 Å². The van der Waals surface area contributed by atoms with Crippen molar-refractivity contribution in [2.75, 3.05) is 38.1 Å². The average molecular weight is 564 g/mol. The Balaban J connectivity index is 1.84. The Morgan fingerprint density at radius 1 is 1.03 bits per heavy atom. The predicted molar refractivity (Wildman–Crippen MR) is 149 cm³/mol. The normalized spacial score (nSPS) is 10.8. The van der Waals surface area contributed by atoms with Gasteiger partial charge in [0.2, 0.25) is 0 Å². The fourth-order valence-corrected chi connectivity index (χ4v) is 3.88. The van der Waals surface area contributed by atoms with Gasteiger partial charge in [0.25, 0.3) is 11.8 Å². The quantitative estimate of drug-likeness (QED) is 0.313. The molecule has 0 saturated heterocycles. The second kappa shape index (κ2) is 14.8. The van der Waals surface area contributed by atoms with Gasteiger partial charge in [-0.15, -0.1) is 0 Å². The molecule has 0 aliphatic carbocycles. The van der Waals surface area contributed by atoms with Gasteiger partial charge in [0.05, 0.1) is 11.1 Å². The third-order valence-electron chi connectivity index (χ3n) is 5.39. The molecule has 190 valence electrons. The van der Waals surface area contributed by atoms with E-state index < -0.39 is 0 Å². The molecule has 7 nitrogen and oxygen atoms in total. The SMILES string of the molecule is CCN(CC)CCNC(=O)c1ccc(NC(=S)NC(=O)c2ccc(OCCC(C)C)c(Br)c2)cc1. The topological polar surface area (TPSA) is 82.7 Å². The van der Waals surface area contributed by atoms with Crippen LogP contribution in [0.3, 0.4) is 0 Å². The van der Waals surface area contributed by atoms with Gasteiger partial charge in [-0.1, -0.05) is 27.7 Å². The van der Waals surface area contributed by atoms with Crippen LogP contribution in [-0.2, 0) is 0 Å². The molecule has 2 aromatic carbocycles. The van der Waals surface area contributed by atoms with E-state index in [0.717, 1.165) is 26.1 Å². The number of thiocarbonyl (C=S) groups is 1. The number of ether oxygens (including phenoxy) is 1. The lowest BCUT2D eigenvalue weighted by molar-refractivity contribution is 0.0947. The van der Waals surface area contributed by atoms with Crippen molar-refractivity contribution in [3.05, 3.63) is 58.1 Å². The molecule has 0 unspecified atom stereocenters. The number of halogens is 1. The van der Waals surface area contributed by atoms with E-state index in [1.54, 1.807) is 42.5 Å². The van der Waals surface area contributed by atoms with Crippen molar-refractivity contribution >= 4 is 50.8 Å². The van der Waals surface area contributed by atoms with Crippen LogP contribution >= 0.6 is 28.1 Å². The molecule has 0 heterocycles.